The van der Waals surface area contributed by atoms with Gasteiger partial charge in [-0.15, -0.1) is 11.3 Å². The molecular formula is C17H21ClN4S2. The fraction of sp³-hybridized carbons (Fsp3) is 0.412. The highest BCUT2D eigenvalue weighted by molar-refractivity contribution is 7.80. The molecule has 1 fully saturated rings. The lowest BCUT2D eigenvalue weighted by molar-refractivity contribution is 0.296. The Morgan fingerprint density at radius 1 is 1.33 bits per heavy atom. The number of aromatic nitrogens is 1. The van der Waals surface area contributed by atoms with Crippen LogP contribution in [0.15, 0.2) is 36.5 Å². The van der Waals surface area contributed by atoms with Gasteiger partial charge in [-0.2, -0.15) is 0 Å². The molecule has 0 spiro atoms. The third-order valence-electron chi connectivity index (χ3n) is 4.09. The standard InChI is InChI=1S/C17H21ClN4S2/c1-21(2)10-5-11-22-16(13-7-8-14(18)24-13)15(20-17(22)23)12-6-3-4-9-19-12/h3-4,6-9,15-16H,5,10-11H2,1-2H3,(H,20,23). The summed E-state index contributed by atoms with van der Waals surface area (Å²) >= 11 is 13.4. The van der Waals surface area contributed by atoms with Crippen LogP contribution in [0.4, 0.5) is 0 Å². The largest absolute Gasteiger partial charge is 0.352 e. The highest BCUT2D eigenvalue weighted by Gasteiger charge is 2.40. The van der Waals surface area contributed by atoms with Crippen molar-refractivity contribution in [2.75, 3.05) is 27.2 Å². The highest BCUT2D eigenvalue weighted by atomic mass is 35.5. The first-order chi connectivity index (χ1) is 11.6. The number of thiophene rings is 1. The first-order valence-corrected chi connectivity index (χ1v) is 9.54. The Kier molecular flexibility index (Phi) is 5.71. The molecule has 0 amide bonds. The maximum Gasteiger partial charge on any atom is 0.170 e. The molecule has 2 aromatic rings. The van der Waals surface area contributed by atoms with Crippen LogP contribution >= 0.6 is 35.2 Å². The summed E-state index contributed by atoms with van der Waals surface area (Å²) in [5, 5.41) is 4.25. The summed E-state index contributed by atoms with van der Waals surface area (Å²) in [4.78, 5) is 10.2. The number of nitrogens with zero attached hydrogens (tertiary/aromatic N) is 3. The second-order valence-electron chi connectivity index (χ2n) is 6.12. The smallest absolute Gasteiger partial charge is 0.170 e. The number of thiocarbonyl (C=S) groups is 1. The molecule has 2 unspecified atom stereocenters. The van der Waals surface area contributed by atoms with Crippen LogP contribution < -0.4 is 5.32 Å². The van der Waals surface area contributed by atoms with Gasteiger partial charge in [0.2, 0.25) is 0 Å². The second kappa shape index (κ2) is 7.78. The topological polar surface area (TPSA) is 31.4 Å². The van der Waals surface area contributed by atoms with Crippen LogP contribution in [-0.4, -0.2) is 47.1 Å². The summed E-state index contributed by atoms with van der Waals surface area (Å²) in [5.74, 6) is 0. The van der Waals surface area contributed by atoms with Gasteiger partial charge in [0.25, 0.3) is 0 Å². The molecule has 3 heterocycles. The van der Waals surface area contributed by atoms with Gasteiger partial charge in [0.1, 0.15) is 0 Å². The Morgan fingerprint density at radius 2 is 2.17 bits per heavy atom. The Labute approximate surface area is 157 Å². The molecule has 0 saturated carbocycles. The number of hydrogen-bond acceptors (Lipinski definition) is 4. The molecular weight excluding hydrogens is 360 g/mol. The minimum atomic E-state index is 0.0489. The van der Waals surface area contributed by atoms with E-state index in [1.165, 1.54) is 4.88 Å². The quantitative estimate of drug-likeness (QED) is 0.772. The summed E-state index contributed by atoms with van der Waals surface area (Å²) < 4.78 is 0.802. The lowest BCUT2D eigenvalue weighted by Crippen LogP contribution is -2.32. The molecule has 3 rings (SSSR count). The van der Waals surface area contributed by atoms with Crippen molar-refractivity contribution in [3.05, 3.63) is 51.4 Å². The van der Waals surface area contributed by atoms with E-state index >= 15 is 0 Å². The van der Waals surface area contributed by atoms with Crippen molar-refractivity contribution >= 4 is 40.3 Å². The average Bonchev–Trinajstić information content (AvgIpc) is 3.12. The summed E-state index contributed by atoms with van der Waals surface area (Å²) in [6.45, 7) is 1.94. The van der Waals surface area contributed by atoms with Crippen LogP contribution in [0.1, 0.15) is 29.1 Å². The van der Waals surface area contributed by atoms with Gasteiger partial charge in [-0.25, -0.2) is 0 Å². The zero-order valence-electron chi connectivity index (χ0n) is 13.8. The van der Waals surface area contributed by atoms with E-state index in [0.29, 0.717) is 0 Å². The van der Waals surface area contributed by atoms with Gasteiger partial charge >= 0.3 is 0 Å². The molecule has 2 aromatic heterocycles. The van der Waals surface area contributed by atoms with Crippen molar-refractivity contribution < 1.29 is 0 Å². The van der Waals surface area contributed by atoms with Crippen LogP contribution in [0, 0.1) is 0 Å². The summed E-state index contributed by atoms with van der Waals surface area (Å²) in [6, 6.07) is 10.2. The van der Waals surface area contributed by atoms with Crippen LogP contribution in [0.25, 0.3) is 0 Å². The van der Waals surface area contributed by atoms with E-state index in [4.69, 9.17) is 23.8 Å². The number of halogens is 1. The van der Waals surface area contributed by atoms with E-state index < -0.39 is 0 Å². The molecule has 0 aromatic carbocycles. The Morgan fingerprint density at radius 3 is 2.79 bits per heavy atom. The van der Waals surface area contributed by atoms with Crippen molar-refractivity contribution in [3.63, 3.8) is 0 Å². The summed E-state index contributed by atoms with van der Waals surface area (Å²) in [5.41, 5.74) is 1.00. The van der Waals surface area contributed by atoms with Gasteiger partial charge in [-0.3, -0.25) is 4.98 Å². The molecule has 24 heavy (non-hydrogen) atoms. The van der Waals surface area contributed by atoms with E-state index in [9.17, 15) is 0 Å². The first kappa shape index (κ1) is 17.6. The monoisotopic (exact) mass is 380 g/mol. The van der Waals surface area contributed by atoms with Gasteiger partial charge in [-0.1, -0.05) is 17.7 Å². The van der Waals surface area contributed by atoms with Gasteiger partial charge in [-0.05, 0) is 63.5 Å². The zero-order chi connectivity index (χ0) is 17.1. The maximum atomic E-state index is 6.19. The Balaban J connectivity index is 1.88. The van der Waals surface area contributed by atoms with Gasteiger partial charge in [0.05, 0.1) is 22.1 Å². The van der Waals surface area contributed by atoms with Crippen LogP contribution in [-0.2, 0) is 0 Å². The fourth-order valence-corrected chi connectivity index (χ4v) is 4.54. The molecule has 1 aliphatic heterocycles. The third-order valence-corrected chi connectivity index (χ3v) is 5.74. The molecule has 0 aliphatic carbocycles. The van der Waals surface area contributed by atoms with E-state index in [0.717, 1.165) is 34.7 Å². The first-order valence-electron chi connectivity index (χ1n) is 7.94. The summed E-state index contributed by atoms with van der Waals surface area (Å²) in [6.07, 6.45) is 2.88. The average molecular weight is 381 g/mol. The van der Waals surface area contributed by atoms with Crippen LogP contribution in [0.2, 0.25) is 4.34 Å². The number of rotatable bonds is 6. The van der Waals surface area contributed by atoms with E-state index in [1.54, 1.807) is 11.3 Å². The van der Waals surface area contributed by atoms with Crippen LogP contribution in [0.5, 0.6) is 0 Å². The van der Waals surface area contributed by atoms with Crippen molar-refractivity contribution in [1.82, 2.24) is 20.1 Å². The van der Waals surface area contributed by atoms with Gasteiger partial charge < -0.3 is 15.1 Å². The predicted molar refractivity (Wildman–Crippen MR) is 105 cm³/mol. The second-order valence-corrected chi connectivity index (χ2v) is 8.25. The normalized spacial score (nSPS) is 20.7. The minimum Gasteiger partial charge on any atom is -0.352 e. The van der Waals surface area contributed by atoms with Gasteiger partial charge in [0.15, 0.2) is 5.11 Å². The van der Waals surface area contributed by atoms with Crippen molar-refractivity contribution in [3.8, 4) is 0 Å². The molecule has 1 N–H and O–H groups in total. The molecule has 0 bridgehead atoms. The Bertz CT molecular complexity index is 689. The SMILES string of the molecule is CN(C)CCCN1C(=S)NC(c2ccccn2)C1c1ccc(Cl)s1. The van der Waals surface area contributed by atoms with Crippen molar-refractivity contribution in [1.29, 1.82) is 0 Å². The van der Waals surface area contributed by atoms with Crippen molar-refractivity contribution in [2.24, 2.45) is 0 Å². The molecule has 7 heteroatoms. The predicted octanol–water partition coefficient (Wildman–Crippen LogP) is 3.72. The summed E-state index contributed by atoms with van der Waals surface area (Å²) in [7, 11) is 4.18. The van der Waals surface area contributed by atoms with E-state index in [2.05, 4.69) is 40.3 Å². The lowest BCUT2D eigenvalue weighted by Gasteiger charge is -2.27. The van der Waals surface area contributed by atoms with Crippen LogP contribution in [0.3, 0.4) is 0 Å². The number of hydrogen-bond donors (Lipinski definition) is 1. The lowest BCUT2D eigenvalue weighted by atomic mass is 10.0. The maximum absolute atomic E-state index is 6.19. The molecule has 0 radical (unpaired) electrons. The molecule has 1 saturated heterocycles. The number of pyridine rings is 1. The van der Waals surface area contributed by atoms with Crippen molar-refractivity contribution in [2.45, 2.75) is 18.5 Å². The molecule has 128 valence electrons. The van der Waals surface area contributed by atoms with Gasteiger partial charge in [0, 0.05) is 17.6 Å². The zero-order valence-corrected chi connectivity index (χ0v) is 16.2. The van der Waals surface area contributed by atoms with E-state index in [1.807, 2.05) is 30.5 Å². The number of nitrogens with one attached hydrogen (secondary N) is 1. The third kappa shape index (κ3) is 3.88. The highest BCUT2D eigenvalue weighted by Crippen LogP contribution is 2.42. The van der Waals surface area contributed by atoms with E-state index in [-0.39, 0.29) is 12.1 Å². The molecule has 1 aliphatic rings. The molecule has 2 atom stereocenters. The minimum absolute atomic E-state index is 0.0489. The Hall–Kier alpha value is -1.21. The fourth-order valence-electron chi connectivity index (χ4n) is 3.00. The molecule has 4 nitrogen and oxygen atoms in total.